The van der Waals surface area contributed by atoms with E-state index in [1.165, 1.54) is 18.2 Å². The van der Waals surface area contributed by atoms with Gasteiger partial charge in [-0.05, 0) is 31.2 Å². The van der Waals surface area contributed by atoms with Gasteiger partial charge in [0.05, 0.1) is 22.8 Å². The molecule has 0 saturated heterocycles. The first-order valence-electron chi connectivity index (χ1n) is 6.95. The lowest BCUT2D eigenvalue weighted by atomic mass is 10.2. The Bertz CT molecular complexity index is 859. The van der Waals surface area contributed by atoms with E-state index in [1.54, 1.807) is 30.9 Å². The Morgan fingerprint density at radius 1 is 1.39 bits per heavy atom. The van der Waals surface area contributed by atoms with Crippen molar-refractivity contribution in [2.75, 3.05) is 5.32 Å². The van der Waals surface area contributed by atoms with Gasteiger partial charge in [0.25, 0.3) is 5.91 Å². The van der Waals surface area contributed by atoms with Crippen molar-refractivity contribution in [2.45, 2.75) is 24.5 Å². The maximum Gasteiger partial charge on any atom is 0.265 e. The molecule has 0 unspecified atom stereocenters. The van der Waals surface area contributed by atoms with Crippen LogP contribution < -0.4 is 14.8 Å². The number of aromatic nitrogens is 2. The van der Waals surface area contributed by atoms with Gasteiger partial charge < -0.3 is 10.1 Å². The topological polar surface area (TPSA) is 102 Å². The molecule has 3 rings (SSSR count). The number of nitrogens with one attached hydrogen (secondary N) is 2. The average molecular weight is 336 g/mol. The lowest BCUT2D eigenvalue weighted by Crippen LogP contribution is -2.34. The Balaban J connectivity index is 1.80. The number of carbonyl (C=O) groups is 1. The van der Waals surface area contributed by atoms with Crippen molar-refractivity contribution in [3.05, 3.63) is 36.2 Å². The molecule has 0 aliphatic carbocycles. The third-order valence-corrected chi connectivity index (χ3v) is 4.80. The van der Waals surface area contributed by atoms with Crippen LogP contribution in [0.5, 0.6) is 5.75 Å². The molecule has 122 valence electrons. The third kappa shape index (κ3) is 3.20. The first-order chi connectivity index (χ1) is 10.8. The van der Waals surface area contributed by atoms with Crippen molar-refractivity contribution in [1.82, 2.24) is 14.5 Å². The maximum atomic E-state index is 12.3. The Labute approximate surface area is 133 Å². The van der Waals surface area contributed by atoms with Gasteiger partial charge in [-0.2, -0.15) is 5.10 Å². The molecule has 2 N–H and O–H groups in total. The van der Waals surface area contributed by atoms with Crippen LogP contribution in [0.4, 0.5) is 5.69 Å². The van der Waals surface area contributed by atoms with E-state index >= 15 is 0 Å². The van der Waals surface area contributed by atoms with Crippen molar-refractivity contribution >= 4 is 21.6 Å². The number of hydrogen-bond acceptors (Lipinski definition) is 5. The molecule has 0 spiro atoms. The Hall–Kier alpha value is -2.39. The minimum Gasteiger partial charge on any atom is -0.479 e. The van der Waals surface area contributed by atoms with E-state index in [2.05, 4.69) is 15.1 Å². The molecule has 23 heavy (non-hydrogen) atoms. The lowest BCUT2D eigenvalue weighted by molar-refractivity contribution is -0.122. The number of sulfonamides is 1. The van der Waals surface area contributed by atoms with E-state index in [1.807, 2.05) is 0 Å². The number of benzene rings is 1. The minimum atomic E-state index is -3.72. The van der Waals surface area contributed by atoms with Gasteiger partial charge in [-0.15, -0.1) is 0 Å². The monoisotopic (exact) mass is 336 g/mol. The molecule has 2 aromatic rings. The molecule has 1 amide bonds. The predicted octanol–water partition coefficient (Wildman–Crippen LogP) is 0.618. The van der Waals surface area contributed by atoms with Gasteiger partial charge in [0.1, 0.15) is 5.75 Å². The summed E-state index contributed by atoms with van der Waals surface area (Å²) in [7, 11) is -1.96. The van der Waals surface area contributed by atoms with E-state index < -0.39 is 16.1 Å². The van der Waals surface area contributed by atoms with Crippen LogP contribution in [0.15, 0.2) is 35.4 Å². The summed E-state index contributed by atoms with van der Waals surface area (Å²) >= 11 is 0. The second-order valence-electron chi connectivity index (χ2n) is 5.21. The van der Waals surface area contributed by atoms with Crippen molar-refractivity contribution in [1.29, 1.82) is 0 Å². The van der Waals surface area contributed by atoms with Gasteiger partial charge >= 0.3 is 0 Å². The quantitative estimate of drug-likeness (QED) is 0.852. The van der Waals surface area contributed by atoms with E-state index in [0.29, 0.717) is 17.1 Å². The van der Waals surface area contributed by atoms with Crippen molar-refractivity contribution in [2.24, 2.45) is 7.05 Å². The average Bonchev–Trinajstić information content (AvgIpc) is 2.92. The fraction of sp³-hybridized carbons (Fsp3) is 0.286. The van der Waals surface area contributed by atoms with Crippen molar-refractivity contribution < 1.29 is 17.9 Å². The Morgan fingerprint density at radius 3 is 2.87 bits per heavy atom. The van der Waals surface area contributed by atoms with Crippen LogP contribution in [0.2, 0.25) is 0 Å². The highest BCUT2D eigenvalue weighted by molar-refractivity contribution is 7.89. The fourth-order valence-electron chi connectivity index (χ4n) is 2.16. The molecule has 1 aromatic heterocycles. The maximum absolute atomic E-state index is 12.3. The van der Waals surface area contributed by atoms with Gasteiger partial charge in [-0.25, -0.2) is 13.1 Å². The van der Waals surface area contributed by atoms with Crippen LogP contribution in [0.1, 0.15) is 12.6 Å². The van der Waals surface area contributed by atoms with Crippen LogP contribution in [0.3, 0.4) is 0 Å². The highest BCUT2D eigenvalue weighted by Gasteiger charge is 2.25. The largest absolute Gasteiger partial charge is 0.479 e. The molecule has 0 bridgehead atoms. The molecule has 2 heterocycles. The van der Waals surface area contributed by atoms with Crippen molar-refractivity contribution in [3.63, 3.8) is 0 Å². The van der Waals surface area contributed by atoms with Crippen molar-refractivity contribution in [3.8, 4) is 5.75 Å². The summed E-state index contributed by atoms with van der Waals surface area (Å²) in [5.41, 5.74) is 0.952. The lowest BCUT2D eigenvalue weighted by Gasteiger charge is -2.23. The molecule has 1 aliphatic heterocycles. The number of amides is 1. The second kappa shape index (κ2) is 5.67. The summed E-state index contributed by atoms with van der Waals surface area (Å²) in [6, 6.07) is 6.06. The van der Waals surface area contributed by atoms with Gasteiger partial charge in [-0.3, -0.25) is 9.48 Å². The SMILES string of the molecule is C[C@@H]1Oc2ccc(S(=O)(=O)NCc3ccn(C)n3)cc2NC1=O. The predicted molar refractivity (Wildman–Crippen MR) is 82.4 cm³/mol. The molecule has 0 fully saturated rings. The van der Waals surface area contributed by atoms with Gasteiger partial charge in [0.2, 0.25) is 10.0 Å². The van der Waals surface area contributed by atoms with Crippen LogP contribution in [0.25, 0.3) is 0 Å². The minimum absolute atomic E-state index is 0.0469. The summed E-state index contributed by atoms with van der Waals surface area (Å²) in [6.07, 6.45) is 1.13. The van der Waals surface area contributed by atoms with Crippen LogP contribution >= 0.6 is 0 Å². The first kappa shape index (κ1) is 15.5. The molecule has 8 nitrogen and oxygen atoms in total. The molecule has 1 aliphatic rings. The van der Waals surface area contributed by atoms with Gasteiger partial charge in [0.15, 0.2) is 6.10 Å². The third-order valence-electron chi connectivity index (χ3n) is 3.40. The highest BCUT2D eigenvalue weighted by Crippen LogP contribution is 2.31. The second-order valence-corrected chi connectivity index (χ2v) is 6.98. The summed E-state index contributed by atoms with van der Waals surface area (Å²) in [6.45, 7) is 1.71. The summed E-state index contributed by atoms with van der Waals surface area (Å²) in [5.74, 6) is 0.134. The zero-order valence-corrected chi connectivity index (χ0v) is 13.4. The number of rotatable bonds is 4. The molecule has 0 saturated carbocycles. The zero-order valence-electron chi connectivity index (χ0n) is 12.6. The normalized spacial score (nSPS) is 17.3. The van der Waals surface area contributed by atoms with Gasteiger partial charge in [-0.1, -0.05) is 0 Å². The summed E-state index contributed by atoms with van der Waals surface area (Å²) in [4.78, 5) is 11.7. The molecule has 0 radical (unpaired) electrons. The number of fused-ring (bicyclic) bond motifs is 1. The molecular formula is C14H16N4O4S. The number of carbonyl (C=O) groups excluding carboxylic acids is 1. The summed E-state index contributed by atoms with van der Waals surface area (Å²) in [5, 5.41) is 6.74. The smallest absolute Gasteiger partial charge is 0.265 e. The number of nitrogens with zero attached hydrogens (tertiary/aromatic N) is 2. The highest BCUT2D eigenvalue weighted by atomic mass is 32.2. The number of aryl methyl sites for hydroxylation is 1. The summed E-state index contributed by atoms with van der Waals surface area (Å²) < 4.78 is 34.2. The number of anilines is 1. The Morgan fingerprint density at radius 2 is 2.17 bits per heavy atom. The zero-order chi connectivity index (χ0) is 16.6. The van der Waals surface area contributed by atoms with Gasteiger partial charge in [0, 0.05) is 13.2 Å². The molecule has 1 atom stereocenters. The fourth-order valence-corrected chi connectivity index (χ4v) is 3.19. The van der Waals surface area contributed by atoms with Crippen LogP contribution in [0, 0.1) is 0 Å². The van der Waals surface area contributed by atoms with E-state index in [9.17, 15) is 13.2 Å². The van der Waals surface area contributed by atoms with E-state index in [0.717, 1.165) is 0 Å². The number of ether oxygens (including phenoxy) is 1. The standard InChI is InChI=1S/C14H16N4O4S/c1-9-14(19)16-12-7-11(3-4-13(12)22-9)23(20,21)15-8-10-5-6-18(2)17-10/h3-7,9,15H,8H2,1-2H3,(H,16,19)/t9-/m0/s1. The van der Waals surface area contributed by atoms with E-state index in [4.69, 9.17) is 4.74 Å². The van der Waals surface area contributed by atoms with Crippen LogP contribution in [-0.4, -0.2) is 30.2 Å². The first-order valence-corrected chi connectivity index (χ1v) is 8.43. The molecule has 1 aromatic carbocycles. The van der Waals surface area contributed by atoms with E-state index in [-0.39, 0.29) is 17.3 Å². The molecule has 9 heteroatoms. The molecular weight excluding hydrogens is 320 g/mol. The number of hydrogen-bond donors (Lipinski definition) is 2. The van der Waals surface area contributed by atoms with Crippen LogP contribution in [-0.2, 0) is 28.4 Å². The Kier molecular flexibility index (Phi) is 3.82.